The Kier molecular flexibility index (Phi) is 5.77. The van der Waals surface area contributed by atoms with Crippen molar-refractivity contribution in [2.75, 3.05) is 16.4 Å². The van der Waals surface area contributed by atoms with Crippen LogP contribution in [-0.4, -0.2) is 22.7 Å². The third-order valence-electron chi connectivity index (χ3n) is 4.97. The van der Waals surface area contributed by atoms with E-state index in [2.05, 4.69) is 0 Å². The summed E-state index contributed by atoms with van der Waals surface area (Å²) in [5.41, 5.74) is 2.19. The van der Waals surface area contributed by atoms with Gasteiger partial charge in [-0.15, -0.1) is 11.3 Å². The van der Waals surface area contributed by atoms with Gasteiger partial charge in [-0.2, -0.15) is 0 Å². The van der Waals surface area contributed by atoms with E-state index in [1.165, 1.54) is 28.0 Å². The number of hydrogen-bond donors (Lipinski definition) is 0. The van der Waals surface area contributed by atoms with E-state index in [0.29, 0.717) is 31.5 Å². The number of thiophene rings is 1. The SMILES string of the molecule is O=C1COc2ccc(C=C3SC(=S)N(c4ccccc4)C3=O)cc2N1Cc1ccc(Cl)s1. The second-order valence-electron chi connectivity index (χ2n) is 7.05. The summed E-state index contributed by atoms with van der Waals surface area (Å²) in [5.74, 6) is 0.331. The van der Waals surface area contributed by atoms with Gasteiger partial charge in [-0.1, -0.05) is 59.8 Å². The molecule has 0 atom stereocenters. The van der Waals surface area contributed by atoms with Crippen molar-refractivity contribution in [3.05, 3.63) is 80.3 Å². The molecule has 3 heterocycles. The molecule has 2 aliphatic rings. The fourth-order valence-corrected chi connectivity index (χ4v) is 5.87. The van der Waals surface area contributed by atoms with Crippen molar-refractivity contribution in [1.82, 2.24) is 0 Å². The molecule has 0 bridgehead atoms. The number of thiocarbonyl (C=S) groups is 1. The number of hydrogen-bond acceptors (Lipinski definition) is 6. The van der Waals surface area contributed by atoms with E-state index in [0.717, 1.165) is 16.1 Å². The van der Waals surface area contributed by atoms with Crippen molar-refractivity contribution >= 4 is 80.5 Å². The van der Waals surface area contributed by atoms with Crippen LogP contribution in [0.4, 0.5) is 11.4 Å². The van der Waals surface area contributed by atoms with Gasteiger partial charge in [0.1, 0.15) is 5.75 Å². The van der Waals surface area contributed by atoms with Crippen molar-refractivity contribution in [1.29, 1.82) is 0 Å². The Morgan fingerprint density at radius 3 is 2.66 bits per heavy atom. The highest BCUT2D eigenvalue weighted by Gasteiger charge is 2.33. The molecule has 0 aliphatic carbocycles. The maximum atomic E-state index is 13.0. The minimum Gasteiger partial charge on any atom is -0.482 e. The standard InChI is InChI=1S/C23H15ClN2O3S3/c24-20-9-7-16(31-20)12-25-17-10-14(6-8-18(17)29-13-21(25)27)11-19-22(28)26(23(30)32-19)15-4-2-1-3-5-15/h1-11H,12-13H2. The third-order valence-corrected chi connectivity index (χ3v) is 7.49. The van der Waals surface area contributed by atoms with Crippen LogP contribution in [0.2, 0.25) is 4.34 Å². The first-order valence-corrected chi connectivity index (χ1v) is 12.1. The van der Waals surface area contributed by atoms with E-state index in [1.807, 2.05) is 60.7 Å². The lowest BCUT2D eigenvalue weighted by Gasteiger charge is -2.29. The van der Waals surface area contributed by atoms with E-state index in [4.69, 9.17) is 28.6 Å². The first-order valence-electron chi connectivity index (χ1n) is 9.64. The maximum Gasteiger partial charge on any atom is 0.270 e. The number of benzene rings is 2. The summed E-state index contributed by atoms with van der Waals surface area (Å²) in [6, 6.07) is 18.6. The summed E-state index contributed by atoms with van der Waals surface area (Å²) >= 11 is 14.2. The molecule has 160 valence electrons. The number of fused-ring (bicyclic) bond motifs is 1. The van der Waals surface area contributed by atoms with Gasteiger partial charge in [0.25, 0.3) is 11.8 Å². The van der Waals surface area contributed by atoms with Gasteiger partial charge in [0.15, 0.2) is 10.9 Å². The second kappa shape index (κ2) is 8.71. The van der Waals surface area contributed by atoms with Gasteiger partial charge in [0.2, 0.25) is 0 Å². The Balaban J connectivity index is 1.46. The number of ether oxygens (including phenoxy) is 1. The van der Waals surface area contributed by atoms with Crippen LogP contribution in [0.25, 0.3) is 6.08 Å². The Labute approximate surface area is 203 Å². The highest BCUT2D eigenvalue weighted by Crippen LogP contribution is 2.39. The molecule has 0 N–H and O–H groups in total. The molecule has 0 saturated carbocycles. The van der Waals surface area contributed by atoms with Crippen LogP contribution in [0.3, 0.4) is 0 Å². The molecule has 0 unspecified atom stereocenters. The van der Waals surface area contributed by atoms with Crippen molar-refractivity contribution in [3.63, 3.8) is 0 Å². The number of para-hydroxylation sites is 1. The molecule has 3 aromatic rings. The fourth-order valence-electron chi connectivity index (χ4n) is 3.49. The number of nitrogens with zero attached hydrogens (tertiary/aromatic N) is 2. The molecular formula is C23H15ClN2O3S3. The molecule has 5 nitrogen and oxygen atoms in total. The molecule has 5 rings (SSSR count). The molecule has 1 saturated heterocycles. The van der Waals surface area contributed by atoms with Crippen molar-refractivity contribution in [3.8, 4) is 5.75 Å². The summed E-state index contributed by atoms with van der Waals surface area (Å²) in [4.78, 5) is 30.3. The molecule has 2 aromatic carbocycles. The van der Waals surface area contributed by atoms with E-state index < -0.39 is 0 Å². The molecule has 9 heteroatoms. The number of amides is 2. The van der Waals surface area contributed by atoms with Crippen LogP contribution in [0.1, 0.15) is 10.4 Å². The van der Waals surface area contributed by atoms with Crippen LogP contribution < -0.4 is 14.5 Å². The van der Waals surface area contributed by atoms with Crippen LogP contribution >= 0.6 is 46.9 Å². The molecular weight excluding hydrogens is 484 g/mol. The van der Waals surface area contributed by atoms with E-state index in [-0.39, 0.29) is 18.4 Å². The van der Waals surface area contributed by atoms with Gasteiger partial charge in [-0.25, -0.2) is 0 Å². The van der Waals surface area contributed by atoms with E-state index in [9.17, 15) is 9.59 Å². The van der Waals surface area contributed by atoms with Crippen molar-refractivity contribution < 1.29 is 14.3 Å². The quantitative estimate of drug-likeness (QED) is 0.339. The highest BCUT2D eigenvalue weighted by molar-refractivity contribution is 8.27. The summed E-state index contributed by atoms with van der Waals surface area (Å²) in [5, 5.41) is 0. The van der Waals surface area contributed by atoms with E-state index >= 15 is 0 Å². The summed E-state index contributed by atoms with van der Waals surface area (Å²) in [6.07, 6.45) is 1.79. The predicted octanol–water partition coefficient (Wildman–Crippen LogP) is 5.73. The molecule has 0 radical (unpaired) electrons. The number of thioether (sulfide) groups is 1. The first kappa shape index (κ1) is 21.2. The normalized spacial score (nSPS) is 17.2. The van der Waals surface area contributed by atoms with Crippen LogP contribution in [0.5, 0.6) is 5.75 Å². The second-order valence-corrected chi connectivity index (χ2v) is 10.5. The Morgan fingerprint density at radius 2 is 1.91 bits per heavy atom. The zero-order valence-corrected chi connectivity index (χ0v) is 19.7. The minimum absolute atomic E-state index is 0.0127. The molecule has 2 aliphatic heterocycles. The average molecular weight is 499 g/mol. The Morgan fingerprint density at radius 1 is 1.09 bits per heavy atom. The smallest absolute Gasteiger partial charge is 0.270 e. The van der Waals surface area contributed by atoms with Crippen molar-refractivity contribution in [2.45, 2.75) is 6.54 Å². The topological polar surface area (TPSA) is 49.9 Å². The summed E-state index contributed by atoms with van der Waals surface area (Å²) < 4.78 is 6.77. The number of carbonyl (C=O) groups excluding carboxylic acids is 2. The van der Waals surface area contributed by atoms with Gasteiger partial charge in [-0.3, -0.25) is 14.5 Å². The van der Waals surface area contributed by atoms with Crippen molar-refractivity contribution in [2.24, 2.45) is 0 Å². The zero-order valence-electron chi connectivity index (χ0n) is 16.5. The molecule has 2 amide bonds. The molecule has 1 fully saturated rings. The van der Waals surface area contributed by atoms with Crippen LogP contribution in [0, 0.1) is 0 Å². The summed E-state index contributed by atoms with van der Waals surface area (Å²) in [6.45, 7) is 0.396. The number of carbonyl (C=O) groups is 2. The first-order chi connectivity index (χ1) is 15.5. The Bertz CT molecular complexity index is 1270. The monoisotopic (exact) mass is 498 g/mol. The number of halogens is 1. The highest BCUT2D eigenvalue weighted by atomic mass is 35.5. The third kappa shape index (κ3) is 4.06. The van der Waals surface area contributed by atoms with Gasteiger partial charge in [-0.05, 0) is 48.0 Å². The molecule has 1 aromatic heterocycles. The van der Waals surface area contributed by atoms with Gasteiger partial charge in [0, 0.05) is 4.88 Å². The van der Waals surface area contributed by atoms with Gasteiger partial charge < -0.3 is 9.64 Å². The lowest BCUT2D eigenvalue weighted by Crippen LogP contribution is -2.38. The molecule has 32 heavy (non-hydrogen) atoms. The summed E-state index contributed by atoms with van der Waals surface area (Å²) in [7, 11) is 0. The predicted molar refractivity (Wildman–Crippen MR) is 135 cm³/mol. The van der Waals surface area contributed by atoms with Crippen LogP contribution in [-0.2, 0) is 16.1 Å². The van der Waals surface area contributed by atoms with Gasteiger partial charge >= 0.3 is 0 Å². The largest absolute Gasteiger partial charge is 0.482 e. The van der Waals surface area contributed by atoms with Crippen LogP contribution in [0.15, 0.2) is 65.6 Å². The fraction of sp³-hybridized carbons (Fsp3) is 0.0870. The maximum absolute atomic E-state index is 13.0. The van der Waals surface area contributed by atoms with E-state index in [1.54, 1.807) is 11.0 Å². The number of anilines is 2. The molecule has 0 spiro atoms. The zero-order chi connectivity index (χ0) is 22.2. The van der Waals surface area contributed by atoms with Gasteiger partial charge in [0.05, 0.1) is 27.2 Å². The lowest BCUT2D eigenvalue weighted by atomic mass is 10.1. The minimum atomic E-state index is -0.165. The lowest BCUT2D eigenvalue weighted by molar-refractivity contribution is -0.121. The Hall–Kier alpha value is -2.65. The average Bonchev–Trinajstić information content (AvgIpc) is 3.32. The number of rotatable bonds is 4.